The molecule has 2 heterocycles. The van der Waals surface area contributed by atoms with Gasteiger partial charge in [-0.2, -0.15) is 5.26 Å². The second kappa shape index (κ2) is 5.09. The molecule has 0 amide bonds. The molecule has 2 aromatic rings. The van der Waals surface area contributed by atoms with Crippen molar-refractivity contribution in [2.24, 2.45) is 0 Å². The fourth-order valence-corrected chi connectivity index (χ4v) is 3.31. The van der Waals surface area contributed by atoms with Gasteiger partial charge in [-0.1, -0.05) is 0 Å². The Morgan fingerprint density at radius 1 is 1.19 bits per heavy atom. The number of benzene rings is 1. The number of hydrogen-bond acceptors (Lipinski definition) is 3. The minimum absolute atomic E-state index is 0.578. The summed E-state index contributed by atoms with van der Waals surface area (Å²) in [5, 5.41) is 10.4. The first-order valence-corrected chi connectivity index (χ1v) is 7.74. The topological polar surface area (TPSA) is 41.2 Å². The van der Waals surface area contributed by atoms with Gasteiger partial charge in [0.15, 0.2) is 0 Å². The van der Waals surface area contributed by atoms with Crippen LogP contribution in [0.2, 0.25) is 0 Å². The van der Waals surface area contributed by atoms with Crippen LogP contribution in [0.1, 0.15) is 30.9 Å². The Kier molecular flexibility index (Phi) is 3.08. The van der Waals surface area contributed by atoms with Crippen molar-refractivity contribution in [3.63, 3.8) is 0 Å². The highest BCUT2D eigenvalue weighted by Gasteiger charge is 2.23. The predicted octanol–water partition coefficient (Wildman–Crippen LogP) is 3.07. The van der Waals surface area contributed by atoms with Gasteiger partial charge in [-0.15, -0.1) is 0 Å². The van der Waals surface area contributed by atoms with Gasteiger partial charge in [0.1, 0.15) is 6.07 Å². The van der Waals surface area contributed by atoms with E-state index in [0.29, 0.717) is 6.04 Å². The summed E-state index contributed by atoms with van der Waals surface area (Å²) in [5.74, 6) is 0. The van der Waals surface area contributed by atoms with Gasteiger partial charge in [0, 0.05) is 36.4 Å². The summed E-state index contributed by atoms with van der Waals surface area (Å²) >= 11 is 0. The molecule has 1 aromatic heterocycles. The van der Waals surface area contributed by atoms with Gasteiger partial charge in [0.2, 0.25) is 0 Å². The fraction of sp³-hybridized carbons (Fsp3) is 0.471. The third-order valence-electron chi connectivity index (χ3n) is 4.78. The molecule has 2 aliphatic rings. The Morgan fingerprint density at radius 2 is 2.00 bits per heavy atom. The number of nitriles is 1. The lowest BCUT2D eigenvalue weighted by atomic mass is 9.93. The summed E-state index contributed by atoms with van der Waals surface area (Å²) in [6.45, 7) is 3.48. The Hall–Kier alpha value is -1.99. The van der Waals surface area contributed by atoms with Gasteiger partial charge < -0.3 is 14.2 Å². The second-order valence-corrected chi connectivity index (χ2v) is 5.95. The van der Waals surface area contributed by atoms with E-state index in [1.807, 2.05) is 6.20 Å². The van der Waals surface area contributed by atoms with E-state index in [4.69, 9.17) is 4.74 Å². The molecule has 1 saturated carbocycles. The predicted molar refractivity (Wildman–Crippen MR) is 82.6 cm³/mol. The zero-order valence-corrected chi connectivity index (χ0v) is 12.1. The highest BCUT2D eigenvalue weighted by atomic mass is 16.5. The molecule has 1 aromatic carbocycles. The van der Waals surface area contributed by atoms with Crippen LogP contribution in [0.4, 0.5) is 5.69 Å². The molecular weight excluding hydrogens is 262 g/mol. The molecule has 0 atom stereocenters. The minimum Gasteiger partial charge on any atom is -0.378 e. The summed E-state index contributed by atoms with van der Waals surface area (Å²) in [6, 6.07) is 9.41. The van der Waals surface area contributed by atoms with Crippen molar-refractivity contribution in [1.82, 2.24) is 4.57 Å². The third kappa shape index (κ3) is 2.09. The second-order valence-electron chi connectivity index (χ2n) is 5.95. The Labute approximate surface area is 124 Å². The fourth-order valence-electron chi connectivity index (χ4n) is 3.31. The number of fused-ring (bicyclic) bond motifs is 1. The molecule has 2 fully saturated rings. The van der Waals surface area contributed by atoms with E-state index in [0.717, 1.165) is 37.3 Å². The van der Waals surface area contributed by atoms with Crippen molar-refractivity contribution in [3.8, 4) is 6.07 Å². The van der Waals surface area contributed by atoms with Gasteiger partial charge in [-0.25, -0.2) is 0 Å². The van der Waals surface area contributed by atoms with Crippen molar-refractivity contribution in [3.05, 3.63) is 30.0 Å². The lowest BCUT2D eigenvalue weighted by Gasteiger charge is -2.30. The van der Waals surface area contributed by atoms with Crippen LogP contribution < -0.4 is 4.90 Å². The summed E-state index contributed by atoms with van der Waals surface area (Å²) in [4.78, 5) is 2.37. The molecule has 1 aliphatic carbocycles. The first-order valence-electron chi connectivity index (χ1n) is 7.74. The maximum absolute atomic E-state index is 9.35. The minimum atomic E-state index is 0.578. The van der Waals surface area contributed by atoms with Crippen molar-refractivity contribution in [2.45, 2.75) is 25.3 Å². The van der Waals surface area contributed by atoms with Crippen molar-refractivity contribution >= 4 is 16.6 Å². The first kappa shape index (κ1) is 12.7. The summed E-state index contributed by atoms with van der Waals surface area (Å²) in [6.07, 6.45) is 5.81. The van der Waals surface area contributed by atoms with Crippen LogP contribution >= 0.6 is 0 Å². The zero-order chi connectivity index (χ0) is 14.2. The molecule has 0 N–H and O–H groups in total. The normalized spacial score (nSPS) is 19.5. The molecule has 0 spiro atoms. The molecule has 0 bridgehead atoms. The molecule has 4 rings (SSSR count). The Bertz CT molecular complexity index is 703. The van der Waals surface area contributed by atoms with Gasteiger partial charge in [0.25, 0.3) is 0 Å². The molecule has 1 aliphatic heterocycles. The largest absolute Gasteiger partial charge is 0.378 e. The van der Waals surface area contributed by atoms with Crippen molar-refractivity contribution < 1.29 is 4.74 Å². The maximum atomic E-state index is 9.35. The van der Waals surface area contributed by atoms with Crippen LogP contribution in [0.3, 0.4) is 0 Å². The molecule has 4 nitrogen and oxygen atoms in total. The smallest absolute Gasteiger partial charge is 0.101 e. The van der Waals surface area contributed by atoms with E-state index < -0.39 is 0 Å². The van der Waals surface area contributed by atoms with Crippen LogP contribution in [-0.2, 0) is 4.74 Å². The van der Waals surface area contributed by atoms with E-state index in [2.05, 4.69) is 33.7 Å². The van der Waals surface area contributed by atoms with Gasteiger partial charge >= 0.3 is 0 Å². The van der Waals surface area contributed by atoms with Crippen LogP contribution in [-0.4, -0.2) is 30.9 Å². The Morgan fingerprint density at radius 3 is 2.67 bits per heavy atom. The van der Waals surface area contributed by atoms with E-state index in [1.165, 1.54) is 30.5 Å². The third-order valence-corrected chi connectivity index (χ3v) is 4.78. The maximum Gasteiger partial charge on any atom is 0.101 e. The van der Waals surface area contributed by atoms with Gasteiger partial charge in [-0.05, 0) is 37.5 Å². The number of anilines is 1. The number of morpholine rings is 1. The van der Waals surface area contributed by atoms with E-state index in [1.54, 1.807) is 0 Å². The molecule has 108 valence electrons. The van der Waals surface area contributed by atoms with Gasteiger partial charge in [0.05, 0.1) is 24.3 Å². The SMILES string of the molecule is N#Cc1cn(C2CCC2)c2cc(N3CCOCC3)ccc12. The monoisotopic (exact) mass is 281 g/mol. The van der Waals surface area contributed by atoms with E-state index in [-0.39, 0.29) is 0 Å². The van der Waals surface area contributed by atoms with E-state index in [9.17, 15) is 5.26 Å². The number of ether oxygens (including phenoxy) is 1. The number of hydrogen-bond donors (Lipinski definition) is 0. The average Bonchev–Trinajstić information content (AvgIpc) is 2.84. The lowest BCUT2D eigenvalue weighted by molar-refractivity contribution is 0.122. The number of aromatic nitrogens is 1. The molecule has 1 saturated heterocycles. The summed E-state index contributed by atoms with van der Waals surface area (Å²) < 4.78 is 7.75. The average molecular weight is 281 g/mol. The van der Waals surface area contributed by atoms with E-state index >= 15 is 0 Å². The summed E-state index contributed by atoms with van der Waals surface area (Å²) in [5.41, 5.74) is 3.25. The molecular formula is C17H19N3O. The molecule has 0 unspecified atom stereocenters. The zero-order valence-electron chi connectivity index (χ0n) is 12.1. The van der Waals surface area contributed by atoms with Crippen molar-refractivity contribution in [2.75, 3.05) is 31.2 Å². The number of rotatable bonds is 2. The highest BCUT2D eigenvalue weighted by molar-refractivity contribution is 5.89. The van der Waals surface area contributed by atoms with Crippen LogP contribution in [0.15, 0.2) is 24.4 Å². The van der Waals surface area contributed by atoms with Crippen molar-refractivity contribution in [1.29, 1.82) is 5.26 Å². The first-order chi connectivity index (χ1) is 10.4. The Balaban J connectivity index is 1.79. The van der Waals surface area contributed by atoms with Gasteiger partial charge in [-0.3, -0.25) is 0 Å². The standard InChI is InChI=1S/C17H19N3O/c18-11-13-12-20(14-2-1-3-14)17-10-15(4-5-16(13)17)19-6-8-21-9-7-19/h4-5,10,12,14H,1-3,6-9H2. The number of nitrogens with zero attached hydrogens (tertiary/aromatic N) is 3. The molecule has 0 radical (unpaired) electrons. The summed E-state index contributed by atoms with van der Waals surface area (Å²) in [7, 11) is 0. The van der Waals surface area contributed by atoms with Crippen LogP contribution in [0.5, 0.6) is 0 Å². The molecule has 21 heavy (non-hydrogen) atoms. The lowest BCUT2D eigenvalue weighted by Crippen LogP contribution is -2.36. The highest BCUT2D eigenvalue weighted by Crippen LogP contribution is 2.37. The van der Waals surface area contributed by atoms with Crippen LogP contribution in [0, 0.1) is 11.3 Å². The molecule has 4 heteroatoms. The van der Waals surface area contributed by atoms with Crippen LogP contribution in [0.25, 0.3) is 10.9 Å². The quantitative estimate of drug-likeness (QED) is 0.849.